The number of ketones is 1. The molecule has 0 saturated heterocycles. The maximum Gasteiger partial charge on any atom is 0.573 e. The Morgan fingerprint density at radius 2 is 1.67 bits per heavy atom. The van der Waals surface area contributed by atoms with Gasteiger partial charge in [0.05, 0.1) is 5.56 Å². The van der Waals surface area contributed by atoms with E-state index in [9.17, 15) is 26.7 Å². The van der Waals surface area contributed by atoms with Gasteiger partial charge in [-0.25, -0.2) is 8.78 Å². The second-order valence-electron chi connectivity index (χ2n) is 4.90. The largest absolute Gasteiger partial charge is 0.573 e. The summed E-state index contributed by atoms with van der Waals surface area (Å²) in [6, 6.07) is 4.68. The van der Waals surface area contributed by atoms with Crippen LogP contribution < -0.4 is 9.47 Å². The van der Waals surface area contributed by atoms with Gasteiger partial charge in [-0.15, -0.1) is 13.2 Å². The minimum atomic E-state index is -4.84. The third-order valence-corrected chi connectivity index (χ3v) is 3.00. The highest BCUT2D eigenvalue weighted by Crippen LogP contribution is 2.32. The SMILES string of the molecule is CC(=O)c1cc(F)c(Oc2ccc(OC(F)(F)F)c(C)c2)cc1F. The summed E-state index contributed by atoms with van der Waals surface area (Å²) in [5.41, 5.74) is -0.337. The molecule has 2 rings (SSSR count). The van der Waals surface area contributed by atoms with Crippen molar-refractivity contribution < 1.29 is 36.2 Å². The van der Waals surface area contributed by atoms with Crippen molar-refractivity contribution >= 4 is 5.78 Å². The van der Waals surface area contributed by atoms with E-state index in [-0.39, 0.29) is 11.3 Å². The number of benzene rings is 2. The van der Waals surface area contributed by atoms with Crippen LogP contribution in [-0.2, 0) is 0 Å². The van der Waals surface area contributed by atoms with Crippen LogP contribution in [0.5, 0.6) is 17.2 Å². The molecule has 3 nitrogen and oxygen atoms in total. The van der Waals surface area contributed by atoms with E-state index in [0.29, 0.717) is 12.1 Å². The van der Waals surface area contributed by atoms with Crippen molar-refractivity contribution in [1.82, 2.24) is 0 Å². The number of hydrogen-bond acceptors (Lipinski definition) is 3. The van der Waals surface area contributed by atoms with Gasteiger partial charge in [-0.1, -0.05) is 0 Å². The van der Waals surface area contributed by atoms with Crippen LogP contribution in [0.1, 0.15) is 22.8 Å². The Balaban J connectivity index is 2.27. The number of ether oxygens (including phenoxy) is 2. The lowest BCUT2D eigenvalue weighted by Crippen LogP contribution is -2.17. The number of carbonyl (C=O) groups is 1. The van der Waals surface area contributed by atoms with Gasteiger partial charge in [0.15, 0.2) is 17.3 Å². The average Bonchev–Trinajstić information content (AvgIpc) is 2.44. The third-order valence-electron chi connectivity index (χ3n) is 3.00. The summed E-state index contributed by atoms with van der Waals surface area (Å²) in [7, 11) is 0. The maximum atomic E-state index is 13.9. The summed E-state index contributed by atoms with van der Waals surface area (Å²) in [5.74, 6) is -3.55. The quantitative estimate of drug-likeness (QED) is 0.566. The number of hydrogen-bond donors (Lipinski definition) is 0. The summed E-state index contributed by atoms with van der Waals surface area (Å²) in [4.78, 5) is 11.1. The third kappa shape index (κ3) is 4.21. The maximum absolute atomic E-state index is 13.9. The van der Waals surface area contributed by atoms with Crippen LogP contribution in [0, 0.1) is 18.6 Å². The van der Waals surface area contributed by atoms with Gasteiger partial charge in [0.2, 0.25) is 0 Å². The molecule has 0 saturated carbocycles. The first-order valence-electron chi connectivity index (χ1n) is 6.61. The molecule has 0 unspecified atom stereocenters. The van der Waals surface area contributed by atoms with Crippen LogP contribution in [0.4, 0.5) is 22.0 Å². The van der Waals surface area contributed by atoms with Gasteiger partial charge in [-0.3, -0.25) is 4.79 Å². The zero-order valence-corrected chi connectivity index (χ0v) is 12.5. The molecule has 0 aliphatic heterocycles. The van der Waals surface area contributed by atoms with Crippen LogP contribution in [0.15, 0.2) is 30.3 Å². The highest BCUT2D eigenvalue weighted by molar-refractivity contribution is 5.94. The number of Topliss-reactive ketones (excluding diaryl/α,β-unsaturated/α-hetero) is 1. The summed E-state index contributed by atoms with van der Waals surface area (Å²) >= 11 is 0. The predicted octanol–water partition coefficient (Wildman–Crippen LogP) is 5.17. The Morgan fingerprint density at radius 3 is 2.21 bits per heavy atom. The molecular formula is C16H11F5O3. The molecule has 0 N–H and O–H groups in total. The molecule has 0 fully saturated rings. The van der Waals surface area contributed by atoms with E-state index in [1.54, 1.807) is 0 Å². The van der Waals surface area contributed by atoms with Crippen LogP contribution in [0.2, 0.25) is 0 Å². The zero-order chi connectivity index (χ0) is 18.1. The van der Waals surface area contributed by atoms with Gasteiger partial charge in [0.25, 0.3) is 0 Å². The minimum Gasteiger partial charge on any atom is -0.454 e. The standard InChI is InChI=1S/C16H11F5O3/c1-8-5-10(3-4-14(8)24-16(19,20)21)23-15-7-12(17)11(9(2)22)6-13(15)18/h3-7H,1-2H3. The van der Waals surface area contributed by atoms with Gasteiger partial charge >= 0.3 is 6.36 Å². The van der Waals surface area contributed by atoms with Crippen molar-refractivity contribution in [2.24, 2.45) is 0 Å². The first kappa shape index (κ1) is 17.7. The predicted molar refractivity (Wildman–Crippen MR) is 74.3 cm³/mol. The Labute approximate surface area is 133 Å². The lowest BCUT2D eigenvalue weighted by atomic mass is 10.1. The highest BCUT2D eigenvalue weighted by atomic mass is 19.4. The van der Waals surface area contributed by atoms with Gasteiger partial charge in [-0.2, -0.15) is 0 Å². The van der Waals surface area contributed by atoms with E-state index in [1.807, 2.05) is 0 Å². The van der Waals surface area contributed by atoms with Crippen molar-refractivity contribution in [2.75, 3.05) is 0 Å². The fourth-order valence-electron chi connectivity index (χ4n) is 1.93. The Morgan fingerprint density at radius 1 is 1.00 bits per heavy atom. The van der Waals surface area contributed by atoms with Crippen molar-refractivity contribution in [3.63, 3.8) is 0 Å². The van der Waals surface area contributed by atoms with E-state index in [2.05, 4.69) is 4.74 Å². The molecule has 24 heavy (non-hydrogen) atoms. The molecule has 0 heterocycles. The molecule has 0 atom stereocenters. The van der Waals surface area contributed by atoms with E-state index in [4.69, 9.17) is 4.74 Å². The Bertz CT molecular complexity index is 784. The van der Waals surface area contributed by atoms with Gasteiger partial charge in [0, 0.05) is 6.07 Å². The molecule has 0 bridgehead atoms. The summed E-state index contributed by atoms with van der Waals surface area (Å²) in [5, 5.41) is 0. The van der Waals surface area contributed by atoms with E-state index in [0.717, 1.165) is 19.1 Å². The smallest absolute Gasteiger partial charge is 0.454 e. The van der Waals surface area contributed by atoms with Crippen LogP contribution in [-0.4, -0.2) is 12.1 Å². The monoisotopic (exact) mass is 346 g/mol. The number of alkyl halides is 3. The van der Waals surface area contributed by atoms with Crippen molar-refractivity contribution in [1.29, 1.82) is 0 Å². The van der Waals surface area contributed by atoms with Gasteiger partial charge in [-0.05, 0) is 43.7 Å². The summed E-state index contributed by atoms with van der Waals surface area (Å²) in [6.45, 7) is 2.42. The molecule has 128 valence electrons. The van der Waals surface area contributed by atoms with Crippen molar-refractivity contribution in [2.45, 2.75) is 20.2 Å². The Kier molecular flexibility index (Phi) is 4.77. The minimum absolute atomic E-state index is 0.0177. The number of aryl methyl sites for hydroxylation is 1. The number of carbonyl (C=O) groups excluding carboxylic acids is 1. The molecule has 0 aromatic heterocycles. The average molecular weight is 346 g/mol. The highest BCUT2D eigenvalue weighted by Gasteiger charge is 2.31. The van der Waals surface area contributed by atoms with Crippen LogP contribution >= 0.6 is 0 Å². The molecule has 0 spiro atoms. The zero-order valence-electron chi connectivity index (χ0n) is 12.5. The number of halogens is 5. The van der Waals surface area contributed by atoms with Crippen LogP contribution in [0.3, 0.4) is 0 Å². The van der Waals surface area contributed by atoms with Gasteiger partial charge < -0.3 is 9.47 Å². The molecule has 0 radical (unpaired) electrons. The normalized spacial score (nSPS) is 11.3. The Hall–Kier alpha value is -2.64. The fourth-order valence-corrected chi connectivity index (χ4v) is 1.93. The molecule has 2 aromatic carbocycles. The molecule has 8 heteroatoms. The first-order chi connectivity index (χ1) is 11.1. The molecule has 0 aliphatic carbocycles. The lowest BCUT2D eigenvalue weighted by molar-refractivity contribution is -0.274. The summed E-state index contributed by atoms with van der Waals surface area (Å²) in [6.07, 6.45) is -4.84. The molecule has 0 amide bonds. The van der Waals surface area contributed by atoms with Crippen molar-refractivity contribution in [3.05, 3.63) is 53.1 Å². The number of rotatable bonds is 4. The second-order valence-corrected chi connectivity index (χ2v) is 4.90. The lowest BCUT2D eigenvalue weighted by Gasteiger charge is -2.13. The van der Waals surface area contributed by atoms with Crippen molar-refractivity contribution in [3.8, 4) is 17.2 Å². The van der Waals surface area contributed by atoms with Gasteiger partial charge in [0.1, 0.15) is 17.3 Å². The second kappa shape index (κ2) is 6.46. The molecule has 2 aromatic rings. The first-order valence-corrected chi connectivity index (χ1v) is 6.61. The summed E-state index contributed by atoms with van der Waals surface area (Å²) < 4.78 is 73.1. The molecular weight excluding hydrogens is 335 g/mol. The van der Waals surface area contributed by atoms with E-state index < -0.39 is 40.8 Å². The van der Waals surface area contributed by atoms with Crippen LogP contribution in [0.25, 0.3) is 0 Å². The van der Waals surface area contributed by atoms with E-state index >= 15 is 0 Å². The fraction of sp³-hybridized carbons (Fsp3) is 0.188. The van der Waals surface area contributed by atoms with E-state index in [1.165, 1.54) is 13.0 Å². The molecule has 0 aliphatic rings. The topological polar surface area (TPSA) is 35.5 Å².